The molecule has 1 saturated heterocycles. The van der Waals surface area contributed by atoms with Gasteiger partial charge in [-0.3, -0.25) is 9.59 Å². The molecule has 0 aliphatic carbocycles. The van der Waals surface area contributed by atoms with Crippen LogP contribution in [0, 0.1) is 0 Å². The van der Waals surface area contributed by atoms with Crippen molar-refractivity contribution in [3.05, 3.63) is 28.8 Å². The Balaban J connectivity index is 1.59. The number of aliphatic imine (C=N–C) groups is 1. The number of morpholine rings is 1. The third-order valence-electron chi connectivity index (χ3n) is 3.94. The predicted molar refractivity (Wildman–Crippen MR) is 95.9 cm³/mol. The molecule has 1 aromatic rings. The summed E-state index contributed by atoms with van der Waals surface area (Å²) >= 11 is 6.74. The third-order valence-corrected chi connectivity index (χ3v) is 5.48. The fourth-order valence-corrected chi connectivity index (χ4v) is 3.94. The zero-order chi connectivity index (χ0) is 19.6. The van der Waals surface area contributed by atoms with E-state index in [1.807, 2.05) is 4.90 Å². The van der Waals surface area contributed by atoms with Gasteiger partial charge in [-0.05, 0) is 18.2 Å². The molecule has 1 atom stereocenters. The van der Waals surface area contributed by atoms with Crippen LogP contribution in [0.5, 0.6) is 0 Å². The summed E-state index contributed by atoms with van der Waals surface area (Å²) in [6.07, 6.45) is -4.82. The molecule has 2 heterocycles. The van der Waals surface area contributed by atoms with Gasteiger partial charge in [0.1, 0.15) is 5.25 Å². The lowest BCUT2D eigenvalue weighted by Gasteiger charge is -2.27. The first-order valence-electron chi connectivity index (χ1n) is 8.02. The van der Waals surface area contributed by atoms with Crippen LogP contribution < -0.4 is 5.32 Å². The Morgan fingerprint density at radius 2 is 2.07 bits per heavy atom. The van der Waals surface area contributed by atoms with E-state index in [0.717, 1.165) is 12.1 Å². The van der Waals surface area contributed by atoms with E-state index in [-0.39, 0.29) is 12.1 Å². The molecule has 0 unspecified atom stereocenters. The Kier molecular flexibility index (Phi) is 5.97. The Hall–Kier alpha value is -1.78. The van der Waals surface area contributed by atoms with E-state index < -0.39 is 33.8 Å². The highest BCUT2D eigenvalue weighted by atomic mass is 35.5. The summed E-state index contributed by atoms with van der Waals surface area (Å²) in [7, 11) is 0. The van der Waals surface area contributed by atoms with Crippen molar-refractivity contribution in [1.82, 2.24) is 4.90 Å². The van der Waals surface area contributed by atoms with Crippen molar-refractivity contribution in [3.8, 4) is 0 Å². The van der Waals surface area contributed by atoms with Crippen LogP contribution in [-0.4, -0.2) is 53.4 Å². The molecule has 0 saturated carbocycles. The maximum Gasteiger partial charge on any atom is 0.417 e. The van der Waals surface area contributed by atoms with E-state index in [2.05, 4.69) is 10.3 Å². The number of nitrogens with one attached hydrogen (secondary N) is 1. The second-order valence-corrected chi connectivity index (χ2v) is 7.46. The van der Waals surface area contributed by atoms with E-state index in [9.17, 15) is 22.8 Å². The molecule has 6 nitrogen and oxygen atoms in total. The largest absolute Gasteiger partial charge is 0.417 e. The standard InChI is InChI=1S/C16H15ClF3N3O3S/c17-11-2-1-9(7-10(11)16(18,19)20)21-13(24)8-12-14(25)22-15(27-12)23-3-5-26-6-4-23/h1-2,7,12H,3-6,8H2,(H,21,24)/t12-/m1/s1. The first-order chi connectivity index (χ1) is 12.7. The van der Waals surface area contributed by atoms with Crippen molar-refractivity contribution in [2.75, 3.05) is 31.6 Å². The van der Waals surface area contributed by atoms with Gasteiger partial charge in [0.2, 0.25) is 5.91 Å². The van der Waals surface area contributed by atoms with Crippen LogP contribution in [0.25, 0.3) is 0 Å². The number of thioether (sulfide) groups is 1. The first-order valence-corrected chi connectivity index (χ1v) is 9.28. The van der Waals surface area contributed by atoms with Gasteiger partial charge in [0.15, 0.2) is 5.17 Å². The van der Waals surface area contributed by atoms with E-state index >= 15 is 0 Å². The van der Waals surface area contributed by atoms with Gasteiger partial charge in [-0.1, -0.05) is 23.4 Å². The van der Waals surface area contributed by atoms with Crippen LogP contribution in [0.1, 0.15) is 12.0 Å². The smallest absolute Gasteiger partial charge is 0.378 e. The average Bonchev–Trinajstić information content (AvgIpc) is 2.97. The van der Waals surface area contributed by atoms with Gasteiger partial charge < -0.3 is 15.0 Å². The Bertz CT molecular complexity index is 782. The number of anilines is 1. The van der Waals surface area contributed by atoms with Crippen LogP contribution >= 0.6 is 23.4 Å². The predicted octanol–water partition coefficient (Wildman–Crippen LogP) is 3.02. The number of hydrogen-bond acceptors (Lipinski definition) is 5. The van der Waals surface area contributed by atoms with Gasteiger partial charge in [-0.2, -0.15) is 18.2 Å². The fourth-order valence-electron chi connectivity index (χ4n) is 2.60. The highest BCUT2D eigenvalue weighted by molar-refractivity contribution is 8.15. The van der Waals surface area contributed by atoms with Gasteiger partial charge in [0, 0.05) is 25.2 Å². The number of rotatable bonds is 3. The molecule has 1 N–H and O–H groups in total. The quantitative estimate of drug-likeness (QED) is 0.812. The molecule has 1 aromatic carbocycles. The second kappa shape index (κ2) is 8.07. The number of carbonyl (C=O) groups is 2. The Morgan fingerprint density at radius 3 is 2.74 bits per heavy atom. The third kappa shape index (κ3) is 4.94. The lowest BCUT2D eigenvalue weighted by atomic mass is 10.2. The monoisotopic (exact) mass is 421 g/mol. The molecule has 2 aliphatic rings. The molecule has 146 valence electrons. The molecule has 0 aromatic heterocycles. The van der Waals surface area contributed by atoms with Crippen molar-refractivity contribution in [3.63, 3.8) is 0 Å². The number of amides is 2. The maximum absolute atomic E-state index is 12.9. The minimum absolute atomic E-state index is 0.0403. The molecule has 2 aliphatic heterocycles. The number of ether oxygens (including phenoxy) is 1. The summed E-state index contributed by atoms with van der Waals surface area (Å²) in [5.41, 5.74) is -1.08. The minimum atomic E-state index is -4.63. The van der Waals surface area contributed by atoms with Crippen LogP contribution in [0.15, 0.2) is 23.2 Å². The lowest BCUT2D eigenvalue weighted by molar-refractivity contribution is -0.137. The summed E-state index contributed by atoms with van der Waals surface area (Å²) in [6.45, 7) is 2.31. The van der Waals surface area contributed by atoms with Gasteiger partial charge >= 0.3 is 6.18 Å². The molecule has 11 heteroatoms. The van der Waals surface area contributed by atoms with Crippen LogP contribution in [0.2, 0.25) is 5.02 Å². The maximum atomic E-state index is 12.9. The zero-order valence-electron chi connectivity index (χ0n) is 13.9. The van der Waals surface area contributed by atoms with E-state index in [1.165, 1.54) is 17.8 Å². The number of halogens is 4. The SMILES string of the molecule is O=C(C[C@H]1SC(N2CCOCC2)=NC1=O)Nc1ccc(Cl)c(C(F)(F)F)c1. The summed E-state index contributed by atoms with van der Waals surface area (Å²) in [5.74, 6) is -1.00. The normalized spacial score (nSPS) is 20.6. The first kappa shape index (κ1) is 20.0. The summed E-state index contributed by atoms with van der Waals surface area (Å²) < 4.78 is 43.9. The van der Waals surface area contributed by atoms with Gasteiger partial charge in [-0.25, -0.2) is 0 Å². The van der Waals surface area contributed by atoms with E-state index in [1.54, 1.807) is 0 Å². The molecule has 0 radical (unpaired) electrons. The summed E-state index contributed by atoms with van der Waals surface area (Å²) in [6, 6.07) is 3.10. The Morgan fingerprint density at radius 1 is 1.37 bits per heavy atom. The number of carbonyl (C=O) groups excluding carboxylic acids is 2. The molecule has 0 spiro atoms. The van der Waals surface area contributed by atoms with Gasteiger partial charge in [0.25, 0.3) is 5.91 Å². The number of alkyl halides is 3. The van der Waals surface area contributed by atoms with Crippen molar-refractivity contribution < 1.29 is 27.5 Å². The second-order valence-electron chi connectivity index (χ2n) is 5.88. The molecule has 3 rings (SSSR count). The highest BCUT2D eigenvalue weighted by Crippen LogP contribution is 2.36. The topological polar surface area (TPSA) is 71.0 Å². The number of benzene rings is 1. The van der Waals surface area contributed by atoms with E-state index in [4.69, 9.17) is 16.3 Å². The highest BCUT2D eigenvalue weighted by Gasteiger charge is 2.35. The van der Waals surface area contributed by atoms with Crippen LogP contribution in [-0.2, 0) is 20.5 Å². The number of amidine groups is 1. The molecular weight excluding hydrogens is 407 g/mol. The van der Waals surface area contributed by atoms with E-state index in [0.29, 0.717) is 31.5 Å². The zero-order valence-corrected chi connectivity index (χ0v) is 15.5. The lowest BCUT2D eigenvalue weighted by Crippen LogP contribution is -2.39. The molecule has 1 fully saturated rings. The molecule has 0 bridgehead atoms. The Labute approximate surface area is 162 Å². The van der Waals surface area contributed by atoms with Crippen LogP contribution in [0.4, 0.5) is 18.9 Å². The summed E-state index contributed by atoms with van der Waals surface area (Å²) in [5, 5.41) is 1.77. The van der Waals surface area contributed by atoms with Gasteiger partial charge in [0.05, 0.1) is 23.8 Å². The molecule has 27 heavy (non-hydrogen) atoms. The average molecular weight is 422 g/mol. The number of nitrogens with zero attached hydrogens (tertiary/aromatic N) is 2. The van der Waals surface area contributed by atoms with Crippen molar-refractivity contribution in [1.29, 1.82) is 0 Å². The minimum Gasteiger partial charge on any atom is -0.378 e. The molecular formula is C16H15ClF3N3O3S. The van der Waals surface area contributed by atoms with Crippen molar-refractivity contribution in [2.45, 2.75) is 17.8 Å². The molecule has 2 amide bonds. The van der Waals surface area contributed by atoms with Gasteiger partial charge in [-0.15, -0.1) is 0 Å². The summed E-state index contributed by atoms with van der Waals surface area (Å²) in [4.78, 5) is 30.1. The fraction of sp³-hybridized carbons (Fsp3) is 0.438. The van der Waals surface area contributed by atoms with Crippen molar-refractivity contribution >= 4 is 46.0 Å². The van der Waals surface area contributed by atoms with Crippen molar-refractivity contribution in [2.24, 2.45) is 4.99 Å². The number of hydrogen-bond donors (Lipinski definition) is 1. The van der Waals surface area contributed by atoms with Crippen LogP contribution in [0.3, 0.4) is 0 Å².